The Balaban J connectivity index is 1.81. The second-order valence-corrected chi connectivity index (χ2v) is 6.06. The largest absolute Gasteiger partial charge is 0.550 e. The number of rotatable bonds is 4. The van der Waals surface area contributed by atoms with E-state index in [1.165, 1.54) is 18.2 Å². The number of nitro groups is 1. The fourth-order valence-corrected chi connectivity index (χ4v) is 3.62. The van der Waals surface area contributed by atoms with Crippen molar-refractivity contribution in [1.82, 2.24) is 0 Å². The van der Waals surface area contributed by atoms with Gasteiger partial charge in [-0.15, -0.1) is 0 Å². The topological polar surface area (TPSA) is 112 Å². The Kier molecular flexibility index (Phi) is 3.63. The smallest absolute Gasteiger partial charge is 0.269 e. The van der Waals surface area contributed by atoms with Gasteiger partial charge in [-0.25, -0.2) is 0 Å². The maximum absolute atomic E-state index is 12.5. The molecule has 7 heteroatoms. The van der Waals surface area contributed by atoms with Crippen LogP contribution in [0.5, 0.6) is 0 Å². The van der Waals surface area contributed by atoms with Crippen LogP contribution in [0.25, 0.3) is 0 Å². The molecule has 1 saturated carbocycles. The molecule has 0 heterocycles. The lowest BCUT2D eigenvalue weighted by atomic mass is 9.82. The number of allylic oxidation sites excluding steroid dienone is 2. The highest BCUT2D eigenvalue weighted by Crippen LogP contribution is 2.48. The zero-order valence-electron chi connectivity index (χ0n) is 12.4. The number of benzene rings is 1. The minimum atomic E-state index is -1.21. The first-order chi connectivity index (χ1) is 10.9. The van der Waals surface area contributed by atoms with E-state index in [9.17, 15) is 24.8 Å². The molecule has 0 saturated heterocycles. The van der Waals surface area contributed by atoms with Crippen LogP contribution in [0.1, 0.15) is 12.0 Å². The van der Waals surface area contributed by atoms with E-state index in [1.54, 1.807) is 6.92 Å². The van der Waals surface area contributed by atoms with Crippen LogP contribution in [-0.2, 0) is 9.59 Å². The zero-order chi connectivity index (χ0) is 16.7. The van der Waals surface area contributed by atoms with Crippen molar-refractivity contribution >= 4 is 23.3 Å². The zero-order valence-corrected chi connectivity index (χ0v) is 12.4. The van der Waals surface area contributed by atoms with Gasteiger partial charge in [0.25, 0.3) is 5.69 Å². The van der Waals surface area contributed by atoms with Gasteiger partial charge in [0.15, 0.2) is 0 Å². The molecule has 1 aromatic carbocycles. The van der Waals surface area contributed by atoms with Crippen LogP contribution >= 0.6 is 0 Å². The molecule has 4 atom stereocenters. The highest BCUT2D eigenvalue weighted by Gasteiger charge is 2.48. The molecule has 1 fully saturated rings. The number of amides is 1. The number of non-ortho nitro benzene ring substituents is 1. The number of nitrogens with one attached hydrogen (secondary N) is 1. The maximum Gasteiger partial charge on any atom is 0.269 e. The Hall–Kier alpha value is -2.70. The summed E-state index contributed by atoms with van der Waals surface area (Å²) in [4.78, 5) is 34.1. The van der Waals surface area contributed by atoms with E-state index in [4.69, 9.17) is 0 Å². The quantitative estimate of drug-likeness (QED) is 0.506. The number of fused-ring (bicyclic) bond motifs is 2. The van der Waals surface area contributed by atoms with E-state index in [2.05, 4.69) is 5.32 Å². The Labute approximate surface area is 132 Å². The summed E-state index contributed by atoms with van der Waals surface area (Å²) in [6.07, 6.45) is 4.37. The van der Waals surface area contributed by atoms with Crippen molar-refractivity contribution in [3.05, 3.63) is 46.0 Å². The van der Waals surface area contributed by atoms with Gasteiger partial charge in [-0.2, -0.15) is 0 Å². The molecule has 1 N–H and O–H groups in total. The summed E-state index contributed by atoms with van der Waals surface area (Å²) in [6.45, 7) is 1.65. The van der Waals surface area contributed by atoms with Crippen molar-refractivity contribution in [3.8, 4) is 0 Å². The average Bonchev–Trinajstić information content (AvgIpc) is 3.09. The van der Waals surface area contributed by atoms with Gasteiger partial charge in [0, 0.05) is 29.7 Å². The number of nitro benzene ring substituents is 1. The number of anilines is 1. The van der Waals surface area contributed by atoms with Gasteiger partial charge in [-0.3, -0.25) is 14.9 Å². The summed E-state index contributed by atoms with van der Waals surface area (Å²) in [5.41, 5.74) is 0.941. The molecule has 0 unspecified atom stereocenters. The summed E-state index contributed by atoms with van der Waals surface area (Å²) in [6, 6.07) is 4.13. The van der Waals surface area contributed by atoms with Gasteiger partial charge in [0.05, 0.1) is 10.8 Å². The minimum absolute atomic E-state index is 0.0593. The predicted octanol–water partition coefficient (Wildman–Crippen LogP) is 1.03. The van der Waals surface area contributed by atoms with Crippen LogP contribution in [-0.4, -0.2) is 16.8 Å². The molecule has 0 aromatic heterocycles. The number of carbonyl (C=O) groups is 2. The highest BCUT2D eigenvalue weighted by molar-refractivity contribution is 5.96. The standard InChI is InChI=1S/C16H16N2O5/c1-8-6-11(18(22)23)4-5-12(8)17-15(19)13-9-2-3-10(7-9)14(13)16(20)21/h2-6,9-10,13-14H,7H2,1H3,(H,17,19)(H,20,21)/p-1/t9-,10-,13-,14-/m0/s1. The first kappa shape index (κ1) is 15.2. The summed E-state index contributed by atoms with van der Waals surface area (Å²) >= 11 is 0. The van der Waals surface area contributed by atoms with E-state index < -0.39 is 22.7 Å². The molecule has 2 aliphatic carbocycles. The SMILES string of the molecule is Cc1cc([N+](=O)[O-])ccc1NC(=O)[C@@H]1[C@@H](C(=O)[O-])[C@H]2C=C[C@H]1C2. The van der Waals surface area contributed by atoms with Crippen molar-refractivity contribution in [2.45, 2.75) is 13.3 Å². The predicted molar refractivity (Wildman–Crippen MR) is 79.2 cm³/mol. The Morgan fingerprint density at radius 3 is 2.43 bits per heavy atom. The van der Waals surface area contributed by atoms with Crippen LogP contribution < -0.4 is 10.4 Å². The van der Waals surface area contributed by atoms with E-state index >= 15 is 0 Å². The van der Waals surface area contributed by atoms with Gasteiger partial charge in [0.1, 0.15) is 0 Å². The number of carbonyl (C=O) groups excluding carboxylic acids is 2. The second-order valence-electron chi connectivity index (χ2n) is 6.06. The Bertz CT molecular complexity index is 727. The Morgan fingerprint density at radius 2 is 1.87 bits per heavy atom. The normalized spacial score (nSPS) is 27.9. The minimum Gasteiger partial charge on any atom is -0.550 e. The first-order valence-electron chi connectivity index (χ1n) is 7.33. The van der Waals surface area contributed by atoms with Crippen LogP contribution in [0.4, 0.5) is 11.4 Å². The third kappa shape index (κ3) is 2.58. The molecule has 3 rings (SSSR count). The third-order valence-electron chi connectivity index (χ3n) is 4.71. The van der Waals surface area contributed by atoms with Crippen LogP contribution in [0, 0.1) is 40.7 Å². The molecule has 23 heavy (non-hydrogen) atoms. The molecule has 120 valence electrons. The molecular weight excluding hydrogens is 300 g/mol. The number of hydrogen-bond donors (Lipinski definition) is 1. The van der Waals surface area contributed by atoms with Crippen molar-refractivity contribution in [2.75, 3.05) is 5.32 Å². The van der Waals surface area contributed by atoms with E-state index in [0.717, 1.165) is 0 Å². The fraction of sp³-hybridized carbons (Fsp3) is 0.375. The monoisotopic (exact) mass is 315 g/mol. The van der Waals surface area contributed by atoms with Gasteiger partial charge >= 0.3 is 0 Å². The summed E-state index contributed by atoms with van der Waals surface area (Å²) < 4.78 is 0. The fourth-order valence-electron chi connectivity index (χ4n) is 3.62. The molecule has 2 bridgehead atoms. The molecule has 0 aliphatic heterocycles. The molecule has 2 aliphatic rings. The van der Waals surface area contributed by atoms with Gasteiger partial charge < -0.3 is 15.2 Å². The molecule has 1 amide bonds. The maximum atomic E-state index is 12.5. The van der Waals surface area contributed by atoms with E-state index in [1.807, 2.05) is 12.2 Å². The summed E-state index contributed by atoms with van der Waals surface area (Å²) in [5, 5.41) is 24.8. The van der Waals surface area contributed by atoms with Crippen LogP contribution in [0.2, 0.25) is 0 Å². The van der Waals surface area contributed by atoms with Crippen molar-refractivity contribution < 1.29 is 19.6 Å². The van der Waals surface area contributed by atoms with Crippen LogP contribution in [0.15, 0.2) is 30.4 Å². The summed E-state index contributed by atoms with van der Waals surface area (Å²) in [5.74, 6) is -3.32. The molecule has 7 nitrogen and oxygen atoms in total. The third-order valence-corrected chi connectivity index (χ3v) is 4.71. The summed E-state index contributed by atoms with van der Waals surface area (Å²) in [7, 11) is 0. The van der Waals surface area contributed by atoms with E-state index in [-0.39, 0.29) is 23.4 Å². The lowest BCUT2D eigenvalue weighted by molar-refractivity contribution is -0.384. The average molecular weight is 315 g/mol. The van der Waals surface area contributed by atoms with Crippen molar-refractivity contribution in [2.24, 2.45) is 23.7 Å². The lowest BCUT2D eigenvalue weighted by Gasteiger charge is -2.28. The van der Waals surface area contributed by atoms with Gasteiger partial charge in [0.2, 0.25) is 5.91 Å². The number of nitrogens with zero attached hydrogens (tertiary/aromatic N) is 1. The number of aryl methyl sites for hydroxylation is 1. The lowest BCUT2D eigenvalue weighted by Crippen LogP contribution is -2.42. The number of carboxylic acids is 1. The van der Waals surface area contributed by atoms with Gasteiger partial charge in [-0.1, -0.05) is 12.2 Å². The first-order valence-corrected chi connectivity index (χ1v) is 7.33. The number of aliphatic carboxylic acids is 1. The van der Waals surface area contributed by atoms with Gasteiger partial charge in [-0.05, 0) is 36.8 Å². The Morgan fingerprint density at radius 1 is 1.22 bits per heavy atom. The number of carboxylic acid groups (broad SMARTS) is 1. The molecule has 0 spiro atoms. The van der Waals surface area contributed by atoms with Crippen molar-refractivity contribution in [3.63, 3.8) is 0 Å². The van der Waals surface area contributed by atoms with Crippen molar-refractivity contribution in [1.29, 1.82) is 0 Å². The molecule has 0 radical (unpaired) electrons. The highest BCUT2D eigenvalue weighted by atomic mass is 16.6. The van der Waals surface area contributed by atoms with Crippen LogP contribution in [0.3, 0.4) is 0 Å². The molecular formula is C16H15N2O5-. The second kappa shape index (κ2) is 5.49. The molecule has 1 aromatic rings. The van der Waals surface area contributed by atoms with E-state index in [0.29, 0.717) is 17.7 Å². The number of hydrogen-bond acceptors (Lipinski definition) is 5.